The van der Waals surface area contributed by atoms with Crippen LogP contribution in [0.3, 0.4) is 0 Å². The van der Waals surface area contributed by atoms with E-state index < -0.39 is 21.8 Å². The molecule has 2 N–H and O–H groups in total. The van der Waals surface area contributed by atoms with Crippen LogP contribution >= 0.6 is 23.2 Å². The minimum atomic E-state index is -1.57. The van der Waals surface area contributed by atoms with E-state index in [9.17, 15) is 19.2 Å². The first kappa shape index (κ1) is 23.6. The van der Waals surface area contributed by atoms with Gasteiger partial charge in [0.15, 0.2) is 4.33 Å². The van der Waals surface area contributed by atoms with Crippen LogP contribution in [0.25, 0.3) is 0 Å². The van der Waals surface area contributed by atoms with E-state index in [-0.39, 0.29) is 24.4 Å². The molecule has 8 nitrogen and oxygen atoms in total. The van der Waals surface area contributed by atoms with E-state index in [0.29, 0.717) is 31.4 Å². The number of carbonyl (C=O) groups excluding carboxylic acids is 4. The molecule has 3 aliphatic rings. The van der Waals surface area contributed by atoms with E-state index in [0.717, 1.165) is 16.7 Å². The molecular formula is C25H24Cl2N4O4. The monoisotopic (exact) mass is 514 g/mol. The summed E-state index contributed by atoms with van der Waals surface area (Å²) in [5.74, 6) is -1.19. The van der Waals surface area contributed by atoms with Crippen molar-refractivity contribution >= 4 is 52.6 Å². The molecule has 1 aliphatic carbocycles. The summed E-state index contributed by atoms with van der Waals surface area (Å²) in [7, 11) is 1.61. The number of halogens is 2. The number of anilines is 1. The smallest absolute Gasteiger partial charge is 0.324 e. The molecule has 1 unspecified atom stereocenters. The van der Waals surface area contributed by atoms with Crippen molar-refractivity contribution < 1.29 is 19.2 Å². The zero-order valence-electron chi connectivity index (χ0n) is 19.0. The fraction of sp³-hybridized carbons (Fsp3) is 0.360. The van der Waals surface area contributed by atoms with Crippen LogP contribution < -0.4 is 10.6 Å². The van der Waals surface area contributed by atoms with E-state index in [1.54, 1.807) is 13.1 Å². The van der Waals surface area contributed by atoms with Gasteiger partial charge in [0.2, 0.25) is 5.91 Å². The molecule has 2 aromatic rings. The number of nitrogens with one attached hydrogen (secondary N) is 2. The van der Waals surface area contributed by atoms with E-state index in [1.807, 2.05) is 42.5 Å². The van der Waals surface area contributed by atoms with Crippen LogP contribution in [0.15, 0.2) is 48.5 Å². The molecule has 5 rings (SSSR count). The van der Waals surface area contributed by atoms with Gasteiger partial charge < -0.3 is 15.1 Å². The molecule has 2 aromatic carbocycles. The van der Waals surface area contributed by atoms with Gasteiger partial charge in [0.05, 0.1) is 6.04 Å². The minimum absolute atomic E-state index is 0.208. The molecule has 0 radical (unpaired) electrons. The molecule has 0 saturated carbocycles. The Kier molecular flexibility index (Phi) is 5.76. The molecule has 10 heteroatoms. The summed E-state index contributed by atoms with van der Waals surface area (Å²) in [6.45, 7) is -0.208. The maximum atomic E-state index is 13.0. The highest BCUT2D eigenvalue weighted by Gasteiger charge is 2.54. The number of hydrogen-bond donors (Lipinski definition) is 2. The van der Waals surface area contributed by atoms with E-state index in [2.05, 4.69) is 10.6 Å². The van der Waals surface area contributed by atoms with Crippen molar-refractivity contribution in [1.82, 2.24) is 15.1 Å². The number of hydrogen-bond acceptors (Lipinski definition) is 4. The Morgan fingerprint density at radius 1 is 1.09 bits per heavy atom. The standard InChI is InChI=1S/C25H24Cl2N4O4/c1-30-23(35)29-21(33)24(30)12-16-7-8-18(11-17(16)13-24)28-20(32)14-31-19(15-5-3-2-4-6-15)9-10-25(26,27)22(31)34/h2-8,11,19H,9-10,12-14H2,1H3,(H,28,32)(H,29,33,35)/t19-,24?/m1/s1. The normalized spacial score (nSPS) is 25.1. The van der Waals surface area contributed by atoms with Crippen LogP contribution in [0.5, 0.6) is 0 Å². The third-order valence-electron chi connectivity index (χ3n) is 7.23. The summed E-state index contributed by atoms with van der Waals surface area (Å²) in [6, 6.07) is 14.2. The van der Waals surface area contributed by atoms with E-state index in [1.165, 1.54) is 9.80 Å². The highest BCUT2D eigenvalue weighted by Crippen LogP contribution is 2.42. The number of nitrogens with zero attached hydrogens (tertiary/aromatic N) is 2. The molecule has 0 bridgehead atoms. The van der Waals surface area contributed by atoms with Crippen molar-refractivity contribution in [3.63, 3.8) is 0 Å². The molecule has 182 valence electrons. The largest absolute Gasteiger partial charge is 0.325 e. The number of urea groups is 1. The van der Waals surface area contributed by atoms with Gasteiger partial charge in [0.1, 0.15) is 12.1 Å². The van der Waals surface area contributed by atoms with Crippen LogP contribution in [-0.4, -0.2) is 57.0 Å². The van der Waals surface area contributed by atoms with Gasteiger partial charge in [0.25, 0.3) is 11.8 Å². The van der Waals surface area contributed by atoms with Crippen molar-refractivity contribution in [2.45, 2.75) is 41.6 Å². The van der Waals surface area contributed by atoms with Crippen molar-refractivity contribution in [3.05, 3.63) is 65.2 Å². The van der Waals surface area contributed by atoms with Gasteiger partial charge in [0, 0.05) is 25.6 Å². The highest BCUT2D eigenvalue weighted by atomic mass is 35.5. The maximum Gasteiger partial charge on any atom is 0.324 e. The van der Waals surface area contributed by atoms with E-state index in [4.69, 9.17) is 23.2 Å². The first-order chi connectivity index (χ1) is 16.6. The molecule has 1 spiro atoms. The zero-order valence-corrected chi connectivity index (χ0v) is 20.5. The van der Waals surface area contributed by atoms with Crippen LogP contribution in [0.4, 0.5) is 10.5 Å². The molecule has 2 fully saturated rings. The van der Waals surface area contributed by atoms with Crippen molar-refractivity contribution in [3.8, 4) is 0 Å². The van der Waals surface area contributed by atoms with Crippen LogP contribution in [0.1, 0.15) is 35.6 Å². The predicted molar refractivity (Wildman–Crippen MR) is 131 cm³/mol. The molecule has 2 aliphatic heterocycles. The zero-order chi connectivity index (χ0) is 25.0. The molecular weight excluding hydrogens is 491 g/mol. The van der Waals surface area contributed by atoms with Crippen LogP contribution in [0.2, 0.25) is 0 Å². The lowest BCUT2D eigenvalue weighted by Crippen LogP contribution is -2.51. The second kappa shape index (κ2) is 8.53. The van der Waals surface area contributed by atoms with Gasteiger partial charge in [-0.3, -0.25) is 19.7 Å². The lowest BCUT2D eigenvalue weighted by Gasteiger charge is -2.40. The van der Waals surface area contributed by atoms with Crippen molar-refractivity contribution in [1.29, 1.82) is 0 Å². The molecule has 2 saturated heterocycles. The number of rotatable bonds is 4. The summed E-state index contributed by atoms with van der Waals surface area (Å²) in [5, 5.41) is 5.22. The van der Waals surface area contributed by atoms with Crippen LogP contribution in [-0.2, 0) is 27.2 Å². The fourth-order valence-corrected chi connectivity index (χ4v) is 5.70. The Morgan fingerprint density at radius 3 is 2.49 bits per heavy atom. The Labute approximate surface area is 212 Å². The van der Waals surface area contributed by atoms with Crippen molar-refractivity contribution in [2.24, 2.45) is 0 Å². The number of benzene rings is 2. The van der Waals surface area contributed by atoms with Crippen LogP contribution in [0, 0.1) is 0 Å². The van der Waals surface area contributed by atoms with Gasteiger partial charge in [-0.1, -0.05) is 59.6 Å². The maximum absolute atomic E-state index is 13.0. The highest BCUT2D eigenvalue weighted by molar-refractivity contribution is 6.58. The average molecular weight is 515 g/mol. The Bertz CT molecular complexity index is 1240. The topological polar surface area (TPSA) is 98.8 Å². The Morgan fingerprint density at radius 2 is 1.80 bits per heavy atom. The fourth-order valence-electron chi connectivity index (χ4n) is 5.27. The minimum Gasteiger partial charge on any atom is -0.325 e. The van der Waals surface area contributed by atoms with Crippen molar-refractivity contribution in [2.75, 3.05) is 18.9 Å². The summed E-state index contributed by atoms with van der Waals surface area (Å²) in [5.41, 5.74) is 2.35. The summed E-state index contributed by atoms with van der Waals surface area (Å²) in [4.78, 5) is 53.4. The summed E-state index contributed by atoms with van der Waals surface area (Å²) in [6.07, 6.45) is 1.61. The first-order valence-electron chi connectivity index (χ1n) is 11.4. The quantitative estimate of drug-likeness (QED) is 0.483. The van der Waals surface area contributed by atoms with Gasteiger partial charge in [-0.25, -0.2) is 4.79 Å². The number of likely N-dealkylation sites (tertiary alicyclic amines) is 1. The lowest BCUT2D eigenvalue weighted by atomic mass is 9.94. The third kappa shape index (κ3) is 4.04. The molecule has 2 heterocycles. The molecule has 5 amide bonds. The second-order valence-electron chi connectivity index (χ2n) is 9.34. The number of amides is 5. The predicted octanol–water partition coefficient (Wildman–Crippen LogP) is 3.18. The number of fused-ring (bicyclic) bond motifs is 1. The molecule has 0 aromatic heterocycles. The first-order valence-corrected chi connectivity index (χ1v) is 12.1. The number of imide groups is 1. The third-order valence-corrected chi connectivity index (χ3v) is 7.93. The Balaban J connectivity index is 1.32. The summed E-state index contributed by atoms with van der Waals surface area (Å²) < 4.78 is -1.57. The number of likely N-dealkylation sites (N-methyl/N-ethyl adjacent to an activating group) is 1. The number of piperidine rings is 1. The second-order valence-corrected chi connectivity index (χ2v) is 10.8. The number of alkyl halides is 2. The number of carbonyl (C=O) groups is 4. The molecule has 35 heavy (non-hydrogen) atoms. The summed E-state index contributed by atoms with van der Waals surface area (Å²) >= 11 is 12.5. The van der Waals surface area contributed by atoms with Gasteiger partial charge in [-0.2, -0.15) is 0 Å². The van der Waals surface area contributed by atoms with Gasteiger partial charge >= 0.3 is 6.03 Å². The lowest BCUT2D eigenvalue weighted by molar-refractivity contribution is -0.140. The van der Waals surface area contributed by atoms with Gasteiger partial charge in [-0.05, 0) is 41.7 Å². The molecule has 2 atom stereocenters. The van der Waals surface area contributed by atoms with Gasteiger partial charge in [-0.15, -0.1) is 0 Å². The van der Waals surface area contributed by atoms with E-state index >= 15 is 0 Å². The average Bonchev–Trinajstić information content (AvgIpc) is 3.30. The Hall–Kier alpha value is -3.10. The SMILES string of the molecule is CN1C(=O)NC(=O)C12Cc1ccc(NC(=O)CN3C(=O)C(Cl)(Cl)CC[C@@H]3c3ccccc3)cc1C2.